The maximum absolute atomic E-state index is 12.3. The molecule has 0 saturated heterocycles. The van der Waals surface area contributed by atoms with Gasteiger partial charge in [-0.25, -0.2) is 4.98 Å². The first-order valence-corrected chi connectivity index (χ1v) is 9.95. The van der Waals surface area contributed by atoms with Gasteiger partial charge in [-0.3, -0.25) is 9.78 Å². The van der Waals surface area contributed by atoms with Crippen molar-refractivity contribution < 1.29 is 9.53 Å². The lowest BCUT2D eigenvalue weighted by molar-refractivity contribution is -0.117. The number of rotatable bonds is 6. The van der Waals surface area contributed by atoms with Crippen LogP contribution in [-0.4, -0.2) is 34.2 Å². The van der Waals surface area contributed by atoms with Crippen LogP contribution in [0.15, 0.2) is 36.9 Å². The molecule has 1 saturated carbocycles. The molecule has 4 rings (SSSR count). The van der Waals surface area contributed by atoms with E-state index in [4.69, 9.17) is 10.1 Å². The predicted molar refractivity (Wildman–Crippen MR) is 112 cm³/mol. The Hall–Kier alpha value is -3.22. The third-order valence-electron chi connectivity index (χ3n) is 5.35. The molecule has 1 aliphatic carbocycles. The number of aromatic nitrogens is 2. The van der Waals surface area contributed by atoms with Crippen LogP contribution < -0.4 is 15.0 Å². The Morgan fingerprint density at radius 3 is 2.79 bits per heavy atom. The van der Waals surface area contributed by atoms with Gasteiger partial charge in [-0.1, -0.05) is 0 Å². The summed E-state index contributed by atoms with van der Waals surface area (Å²) in [5, 5.41) is 11.3. The van der Waals surface area contributed by atoms with E-state index in [-0.39, 0.29) is 11.9 Å². The number of nitrogens with zero attached hydrogens (tertiary/aromatic N) is 3. The van der Waals surface area contributed by atoms with E-state index >= 15 is 0 Å². The van der Waals surface area contributed by atoms with Crippen molar-refractivity contribution in [3.05, 3.63) is 48.1 Å². The molecule has 1 fully saturated rings. The zero-order valence-electron chi connectivity index (χ0n) is 16.7. The van der Waals surface area contributed by atoms with Gasteiger partial charge in [0.1, 0.15) is 5.75 Å². The lowest BCUT2D eigenvalue weighted by atomic mass is 9.92. The van der Waals surface area contributed by atoms with Crippen LogP contribution in [0.25, 0.3) is 5.57 Å². The molecule has 1 amide bonds. The van der Waals surface area contributed by atoms with E-state index in [0.717, 1.165) is 48.1 Å². The van der Waals surface area contributed by atoms with Gasteiger partial charge >= 0.3 is 0 Å². The van der Waals surface area contributed by atoms with Crippen molar-refractivity contribution >= 4 is 23.4 Å². The van der Waals surface area contributed by atoms with Crippen molar-refractivity contribution in [1.82, 2.24) is 15.3 Å². The minimum Gasteiger partial charge on any atom is -0.436 e. The number of benzene rings is 1. The number of nitrogens with one attached hydrogen (secondary N) is 2. The number of fused-ring (bicyclic) bond motifs is 1. The molecule has 7 nitrogen and oxygen atoms in total. The summed E-state index contributed by atoms with van der Waals surface area (Å²) in [6.07, 6.45) is 11.9. The third kappa shape index (κ3) is 3.99. The number of carbonyl (C=O) groups is 1. The summed E-state index contributed by atoms with van der Waals surface area (Å²) in [7, 11) is 0. The summed E-state index contributed by atoms with van der Waals surface area (Å²) in [5.74, 6) is 1.03. The molecule has 0 unspecified atom stereocenters. The van der Waals surface area contributed by atoms with E-state index in [1.807, 2.05) is 23.2 Å². The Balaban J connectivity index is 1.83. The van der Waals surface area contributed by atoms with Crippen molar-refractivity contribution in [2.24, 2.45) is 0 Å². The van der Waals surface area contributed by atoms with Crippen LogP contribution in [0.4, 0.5) is 5.69 Å². The standard InChI is InChI=1S/C22H25N5O2/c1-14-3-6-19-20(27(14)15(2)28)8-7-18(16(11-23)12-26-17-4-5-17)22(19)29-21-13-24-9-10-25-21/h7-14,17,23,26H,3-6H2,1-2H3/b16-12+,23-11?/t14-/m0/s1. The summed E-state index contributed by atoms with van der Waals surface area (Å²) < 4.78 is 6.19. The number of anilines is 1. The van der Waals surface area contributed by atoms with Crippen LogP contribution in [0.1, 0.15) is 44.2 Å². The van der Waals surface area contributed by atoms with Crippen molar-refractivity contribution in [3.8, 4) is 11.6 Å². The summed E-state index contributed by atoms with van der Waals surface area (Å²) in [5.41, 5.74) is 3.35. The minimum absolute atomic E-state index is 0.00914. The third-order valence-corrected chi connectivity index (χ3v) is 5.35. The molecule has 2 N–H and O–H groups in total. The predicted octanol–water partition coefficient (Wildman–Crippen LogP) is 3.70. The number of ether oxygens (including phenoxy) is 1. The molecule has 1 atom stereocenters. The van der Waals surface area contributed by atoms with Crippen LogP contribution >= 0.6 is 0 Å². The fourth-order valence-electron chi connectivity index (χ4n) is 3.73. The van der Waals surface area contributed by atoms with Gasteiger partial charge in [-0.05, 0) is 44.7 Å². The monoisotopic (exact) mass is 391 g/mol. The van der Waals surface area contributed by atoms with Gasteiger partial charge in [0.15, 0.2) is 0 Å². The zero-order chi connectivity index (χ0) is 20.4. The average molecular weight is 391 g/mol. The Bertz CT molecular complexity index is 953. The van der Waals surface area contributed by atoms with E-state index in [9.17, 15) is 4.79 Å². The molecule has 0 spiro atoms. The number of hydrogen-bond acceptors (Lipinski definition) is 6. The lowest BCUT2D eigenvalue weighted by Crippen LogP contribution is -2.40. The molecule has 150 valence electrons. The van der Waals surface area contributed by atoms with Crippen LogP contribution in [-0.2, 0) is 11.2 Å². The molecule has 2 aliphatic rings. The topological polar surface area (TPSA) is 91.2 Å². The smallest absolute Gasteiger partial charge is 0.237 e. The fraction of sp³-hybridized carbons (Fsp3) is 0.364. The van der Waals surface area contributed by atoms with E-state index in [1.165, 1.54) is 6.21 Å². The van der Waals surface area contributed by atoms with Gasteiger partial charge in [0, 0.05) is 60.5 Å². The fourth-order valence-corrected chi connectivity index (χ4v) is 3.73. The van der Waals surface area contributed by atoms with E-state index in [2.05, 4.69) is 22.2 Å². The zero-order valence-corrected chi connectivity index (χ0v) is 16.7. The van der Waals surface area contributed by atoms with E-state index < -0.39 is 0 Å². The quantitative estimate of drug-likeness (QED) is 0.733. The number of allylic oxidation sites excluding steroid dienone is 1. The van der Waals surface area contributed by atoms with Gasteiger partial charge in [0.2, 0.25) is 11.8 Å². The van der Waals surface area contributed by atoms with Crippen molar-refractivity contribution in [2.75, 3.05) is 4.90 Å². The van der Waals surface area contributed by atoms with Gasteiger partial charge in [-0.2, -0.15) is 0 Å². The van der Waals surface area contributed by atoms with Gasteiger partial charge in [0.25, 0.3) is 0 Å². The highest BCUT2D eigenvalue weighted by atomic mass is 16.5. The second kappa shape index (κ2) is 8.03. The van der Waals surface area contributed by atoms with Gasteiger partial charge in [-0.15, -0.1) is 0 Å². The van der Waals surface area contributed by atoms with Crippen LogP contribution in [0, 0.1) is 5.41 Å². The Morgan fingerprint density at radius 1 is 1.31 bits per heavy atom. The molecular formula is C22H25N5O2. The Kier molecular flexibility index (Phi) is 5.29. The Morgan fingerprint density at radius 2 is 2.14 bits per heavy atom. The highest BCUT2D eigenvalue weighted by Crippen LogP contribution is 2.42. The molecule has 2 aromatic rings. The maximum atomic E-state index is 12.3. The number of hydrogen-bond donors (Lipinski definition) is 2. The van der Waals surface area contributed by atoms with E-state index in [0.29, 0.717) is 17.7 Å². The molecule has 1 aromatic carbocycles. The highest BCUT2D eigenvalue weighted by Gasteiger charge is 2.30. The maximum Gasteiger partial charge on any atom is 0.237 e. The highest BCUT2D eigenvalue weighted by molar-refractivity contribution is 6.10. The second-order valence-electron chi connectivity index (χ2n) is 7.55. The largest absolute Gasteiger partial charge is 0.436 e. The molecule has 0 bridgehead atoms. The Labute approximate surface area is 170 Å². The first kappa shape index (κ1) is 19.1. The van der Waals surface area contributed by atoms with Crippen LogP contribution in [0.3, 0.4) is 0 Å². The molecular weight excluding hydrogens is 366 g/mol. The molecule has 1 aromatic heterocycles. The molecule has 29 heavy (non-hydrogen) atoms. The summed E-state index contributed by atoms with van der Waals surface area (Å²) >= 11 is 0. The van der Waals surface area contributed by atoms with Crippen LogP contribution in [0.5, 0.6) is 11.6 Å². The van der Waals surface area contributed by atoms with Crippen molar-refractivity contribution in [3.63, 3.8) is 0 Å². The first-order valence-electron chi connectivity index (χ1n) is 9.95. The normalized spacial score (nSPS) is 18.8. The van der Waals surface area contributed by atoms with Gasteiger partial charge in [0.05, 0.1) is 11.9 Å². The van der Waals surface area contributed by atoms with Gasteiger partial charge < -0.3 is 20.4 Å². The summed E-state index contributed by atoms with van der Waals surface area (Å²) in [6.45, 7) is 3.65. The first-order chi connectivity index (χ1) is 14.1. The molecule has 2 heterocycles. The summed E-state index contributed by atoms with van der Waals surface area (Å²) in [6, 6.07) is 4.49. The second-order valence-corrected chi connectivity index (χ2v) is 7.55. The average Bonchev–Trinajstić information content (AvgIpc) is 3.54. The summed E-state index contributed by atoms with van der Waals surface area (Å²) in [4.78, 5) is 22.5. The molecule has 1 aliphatic heterocycles. The number of amides is 1. The molecule has 7 heteroatoms. The van der Waals surface area contributed by atoms with Crippen molar-refractivity contribution in [2.45, 2.75) is 51.6 Å². The van der Waals surface area contributed by atoms with E-state index in [1.54, 1.807) is 25.5 Å². The lowest BCUT2D eigenvalue weighted by Gasteiger charge is -2.36. The number of carbonyl (C=O) groups excluding carboxylic acids is 1. The van der Waals surface area contributed by atoms with Crippen molar-refractivity contribution in [1.29, 1.82) is 5.41 Å². The SMILES string of the molecule is CC(=O)N1c2ccc(/C(C=N)=C/NC3CC3)c(Oc3cnccn3)c2CC[C@@H]1C. The molecule has 0 radical (unpaired) electrons. The van der Waals surface area contributed by atoms with Crippen LogP contribution in [0.2, 0.25) is 0 Å². The minimum atomic E-state index is 0.00914.